The van der Waals surface area contributed by atoms with Gasteiger partial charge in [0.05, 0.1) is 6.61 Å². The Morgan fingerprint density at radius 3 is 2.31 bits per heavy atom. The number of ether oxygens (including phenoxy) is 1. The average Bonchev–Trinajstić information content (AvgIpc) is 1.81. The minimum absolute atomic E-state index is 0.123. The number of nitrogens with two attached hydrogens (primary N) is 1. The Balaban J connectivity index is 3.67. The Kier molecular flexibility index (Phi) is 5.53. The van der Waals surface area contributed by atoms with Crippen LogP contribution in [0, 0.1) is 5.41 Å². The summed E-state index contributed by atoms with van der Waals surface area (Å²) >= 11 is 0. The van der Waals surface area contributed by atoms with E-state index in [0.29, 0.717) is 12.0 Å². The van der Waals surface area contributed by atoms with Crippen LogP contribution in [0.15, 0.2) is 0 Å². The van der Waals surface area contributed by atoms with Crippen molar-refractivity contribution in [3.05, 3.63) is 0 Å². The molecule has 1 atom stereocenters. The average molecular weight is 188 g/mol. The normalized spacial score (nSPS) is 15.0. The van der Waals surface area contributed by atoms with E-state index < -0.39 is 0 Å². The zero-order chi connectivity index (χ0) is 10.5. The van der Waals surface area contributed by atoms with Gasteiger partial charge in [-0.05, 0) is 12.5 Å². The van der Waals surface area contributed by atoms with Gasteiger partial charge in [0.1, 0.15) is 0 Å². The highest BCUT2D eigenvalue weighted by Gasteiger charge is 2.15. The van der Waals surface area contributed by atoms with Gasteiger partial charge in [0, 0.05) is 26.2 Å². The van der Waals surface area contributed by atoms with Gasteiger partial charge in [0.2, 0.25) is 0 Å². The highest BCUT2D eigenvalue weighted by molar-refractivity contribution is 4.70. The summed E-state index contributed by atoms with van der Waals surface area (Å²) in [5.41, 5.74) is 6.17. The minimum atomic E-state index is 0.123. The van der Waals surface area contributed by atoms with E-state index in [1.807, 2.05) is 0 Å². The monoisotopic (exact) mass is 188 g/mol. The lowest BCUT2D eigenvalue weighted by atomic mass is 9.96. The van der Waals surface area contributed by atoms with Crippen LogP contribution in [-0.2, 0) is 4.74 Å². The van der Waals surface area contributed by atoms with Crippen molar-refractivity contribution in [3.8, 4) is 0 Å². The lowest BCUT2D eigenvalue weighted by Gasteiger charge is -2.28. The van der Waals surface area contributed by atoms with E-state index in [1.54, 1.807) is 7.11 Å². The van der Waals surface area contributed by atoms with E-state index in [2.05, 4.69) is 32.7 Å². The maximum absolute atomic E-state index is 5.84. The topological polar surface area (TPSA) is 38.5 Å². The van der Waals surface area contributed by atoms with Crippen LogP contribution in [0.4, 0.5) is 0 Å². The number of rotatable bonds is 5. The molecule has 0 aliphatic rings. The molecule has 0 saturated carbocycles. The third-order valence-corrected chi connectivity index (χ3v) is 1.67. The van der Waals surface area contributed by atoms with Crippen LogP contribution >= 0.6 is 0 Å². The maximum Gasteiger partial charge on any atom is 0.0626 e. The molecule has 0 amide bonds. The van der Waals surface area contributed by atoms with Crippen LogP contribution in [0.1, 0.15) is 20.8 Å². The Morgan fingerprint density at radius 2 is 1.92 bits per heavy atom. The second kappa shape index (κ2) is 5.58. The van der Waals surface area contributed by atoms with Crippen molar-refractivity contribution in [1.82, 2.24) is 4.90 Å². The molecule has 0 aromatic heterocycles. The summed E-state index contributed by atoms with van der Waals surface area (Å²) < 4.78 is 4.98. The van der Waals surface area contributed by atoms with Gasteiger partial charge in [-0.25, -0.2) is 0 Å². The largest absolute Gasteiger partial charge is 0.383 e. The predicted molar refractivity (Wildman–Crippen MR) is 56.8 cm³/mol. The molecule has 0 rings (SSSR count). The number of methoxy groups -OCH3 is 1. The molecule has 1 unspecified atom stereocenters. The molecule has 80 valence electrons. The zero-order valence-corrected chi connectivity index (χ0v) is 9.63. The Hall–Kier alpha value is -0.120. The predicted octanol–water partition coefficient (Wildman–Crippen LogP) is 0.938. The molecule has 13 heavy (non-hydrogen) atoms. The van der Waals surface area contributed by atoms with Crippen LogP contribution < -0.4 is 5.73 Å². The van der Waals surface area contributed by atoms with E-state index in [-0.39, 0.29) is 6.04 Å². The lowest BCUT2D eigenvalue weighted by Crippen LogP contribution is -2.41. The molecule has 0 radical (unpaired) electrons. The summed E-state index contributed by atoms with van der Waals surface area (Å²) in [6.45, 7) is 9.27. The summed E-state index contributed by atoms with van der Waals surface area (Å²) in [4.78, 5) is 2.25. The van der Waals surface area contributed by atoms with Crippen molar-refractivity contribution in [2.24, 2.45) is 11.1 Å². The quantitative estimate of drug-likeness (QED) is 0.698. The van der Waals surface area contributed by atoms with Gasteiger partial charge in [-0.2, -0.15) is 0 Å². The second-order valence-corrected chi connectivity index (χ2v) is 4.97. The van der Waals surface area contributed by atoms with Crippen molar-refractivity contribution >= 4 is 0 Å². The summed E-state index contributed by atoms with van der Waals surface area (Å²) in [7, 11) is 3.78. The molecule has 3 nitrogen and oxygen atoms in total. The first-order valence-electron chi connectivity index (χ1n) is 4.78. The highest BCUT2D eigenvalue weighted by atomic mass is 16.5. The zero-order valence-electron chi connectivity index (χ0n) is 9.63. The number of likely N-dealkylation sites (N-methyl/N-ethyl adjacent to an activating group) is 1. The van der Waals surface area contributed by atoms with Gasteiger partial charge in [-0.3, -0.25) is 0 Å². The summed E-state index contributed by atoms with van der Waals surface area (Å²) in [6, 6.07) is 0.123. The summed E-state index contributed by atoms with van der Waals surface area (Å²) in [5, 5.41) is 0. The smallest absolute Gasteiger partial charge is 0.0626 e. The van der Waals surface area contributed by atoms with E-state index in [9.17, 15) is 0 Å². The van der Waals surface area contributed by atoms with Crippen LogP contribution in [-0.4, -0.2) is 44.8 Å². The molecular formula is C10H24N2O. The molecule has 0 fully saturated rings. The van der Waals surface area contributed by atoms with Gasteiger partial charge in [0.25, 0.3) is 0 Å². The molecule has 3 heteroatoms. The molecule has 0 bridgehead atoms. The molecule has 0 saturated heterocycles. The molecule has 2 N–H and O–H groups in total. The first-order valence-corrected chi connectivity index (χ1v) is 4.78. The van der Waals surface area contributed by atoms with Crippen molar-refractivity contribution < 1.29 is 4.74 Å². The number of nitrogens with zero attached hydrogens (tertiary/aromatic N) is 1. The van der Waals surface area contributed by atoms with Crippen molar-refractivity contribution in [2.45, 2.75) is 26.8 Å². The summed E-state index contributed by atoms with van der Waals surface area (Å²) in [6.07, 6.45) is 0. The third-order valence-electron chi connectivity index (χ3n) is 1.67. The Bertz CT molecular complexity index is 131. The first kappa shape index (κ1) is 12.9. The summed E-state index contributed by atoms with van der Waals surface area (Å²) in [5.74, 6) is 0. The van der Waals surface area contributed by atoms with Gasteiger partial charge >= 0.3 is 0 Å². The fourth-order valence-corrected chi connectivity index (χ4v) is 1.54. The van der Waals surface area contributed by atoms with Crippen molar-refractivity contribution in [2.75, 3.05) is 33.9 Å². The van der Waals surface area contributed by atoms with Crippen LogP contribution in [0.25, 0.3) is 0 Å². The molecule has 0 heterocycles. The SMILES string of the molecule is COCC(N)CN(C)CC(C)(C)C. The molecular weight excluding hydrogens is 164 g/mol. The van der Waals surface area contributed by atoms with E-state index >= 15 is 0 Å². The number of hydrogen-bond donors (Lipinski definition) is 1. The van der Waals surface area contributed by atoms with Crippen LogP contribution in [0.3, 0.4) is 0 Å². The van der Waals surface area contributed by atoms with E-state index in [4.69, 9.17) is 10.5 Å². The molecule has 0 aliphatic heterocycles. The maximum atomic E-state index is 5.84. The van der Waals surface area contributed by atoms with Gasteiger partial charge < -0.3 is 15.4 Å². The fourth-order valence-electron chi connectivity index (χ4n) is 1.54. The minimum Gasteiger partial charge on any atom is -0.383 e. The van der Waals surface area contributed by atoms with Gasteiger partial charge in [-0.1, -0.05) is 20.8 Å². The van der Waals surface area contributed by atoms with Crippen LogP contribution in [0.5, 0.6) is 0 Å². The highest BCUT2D eigenvalue weighted by Crippen LogP contribution is 2.13. The van der Waals surface area contributed by atoms with Crippen LogP contribution in [0.2, 0.25) is 0 Å². The Labute approximate surface area is 82.2 Å². The second-order valence-electron chi connectivity index (χ2n) is 4.97. The third kappa shape index (κ3) is 8.22. The molecule has 0 aromatic carbocycles. The molecule has 0 aliphatic carbocycles. The molecule has 0 spiro atoms. The van der Waals surface area contributed by atoms with E-state index in [0.717, 1.165) is 13.1 Å². The van der Waals surface area contributed by atoms with Gasteiger partial charge in [0.15, 0.2) is 0 Å². The van der Waals surface area contributed by atoms with Gasteiger partial charge in [-0.15, -0.1) is 0 Å². The fraction of sp³-hybridized carbons (Fsp3) is 1.00. The van der Waals surface area contributed by atoms with Crippen molar-refractivity contribution in [3.63, 3.8) is 0 Å². The lowest BCUT2D eigenvalue weighted by molar-refractivity contribution is 0.148. The van der Waals surface area contributed by atoms with E-state index in [1.165, 1.54) is 0 Å². The molecule has 0 aromatic rings. The first-order chi connectivity index (χ1) is 5.85. The standard InChI is InChI=1S/C10H24N2O/c1-10(2,3)8-12(4)6-9(11)7-13-5/h9H,6-8,11H2,1-5H3. The Morgan fingerprint density at radius 1 is 1.38 bits per heavy atom. The number of hydrogen-bond acceptors (Lipinski definition) is 3. The van der Waals surface area contributed by atoms with Crippen molar-refractivity contribution in [1.29, 1.82) is 0 Å².